The van der Waals surface area contributed by atoms with Gasteiger partial charge in [0.05, 0.1) is 11.6 Å². The summed E-state index contributed by atoms with van der Waals surface area (Å²) in [5.74, 6) is -1.14. The molecule has 0 spiro atoms. The second-order valence-electron chi connectivity index (χ2n) is 4.50. The molecule has 1 unspecified atom stereocenters. The van der Waals surface area contributed by atoms with Gasteiger partial charge in [-0.25, -0.2) is 4.99 Å². The van der Waals surface area contributed by atoms with Gasteiger partial charge >= 0.3 is 0 Å². The van der Waals surface area contributed by atoms with Crippen molar-refractivity contribution in [1.29, 1.82) is 0 Å². The van der Waals surface area contributed by atoms with E-state index in [-0.39, 0.29) is 11.9 Å². The van der Waals surface area contributed by atoms with E-state index in [0.717, 1.165) is 0 Å². The summed E-state index contributed by atoms with van der Waals surface area (Å²) in [6.07, 6.45) is 7.04. The van der Waals surface area contributed by atoms with Crippen molar-refractivity contribution >= 4 is 35.1 Å². The summed E-state index contributed by atoms with van der Waals surface area (Å²) in [6.45, 7) is 0. The summed E-state index contributed by atoms with van der Waals surface area (Å²) in [4.78, 5) is 31.9. The van der Waals surface area contributed by atoms with Crippen molar-refractivity contribution in [2.24, 2.45) is 15.9 Å². The first kappa shape index (κ1) is 13.5. The Labute approximate surface area is 125 Å². The van der Waals surface area contributed by atoms with Gasteiger partial charge in [0.25, 0.3) is 5.91 Å². The highest BCUT2D eigenvalue weighted by Gasteiger charge is 2.27. The molecule has 0 aromatic heterocycles. The topological polar surface area (TPSA) is 70.9 Å². The van der Waals surface area contributed by atoms with Gasteiger partial charge in [-0.15, -0.1) is 0 Å². The predicted molar refractivity (Wildman–Crippen MR) is 80.6 cm³/mol. The summed E-state index contributed by atoms with van der Waals surface area (Å²) >= 11 is 5.76. The molecule has 2 aliphatic rings. The van der Waals surface area contributed by atoms with Crippen LogP contribution in [-0.4, -0.2) is 23.5 Å². The van der Waals surface area contributed by atoms with Crippen molar-refractivity contribution in [1.82, 2.24) is 5.32 Å². The fourth-order valence-electron chi connectivity index (χ4n) is 2.00. The Kier molecular flexibility index (Phi) is 3.50. The average molecular weight is 300 g/mol. The van der Waals surface area contributed by atoms with Crippen LogP contribution in [0.3, 0.4) is 0 Å². The molecule has 1 aliphatic heterocycles. The van der Waals surface area contributed by atoms with Crippen LogP contribution in [-0.2, 0) is 4.79 Å². The Balaban J connectivity index is 1.88. The van der Waals surface area contributed by atoms with E-state index in [1.54, 1.807) is 48.6 Å². The fourth-order valence-corrected chi connectivity index (χ4v) is 2.13. The summed E-state index contributed by atoms with van der Waals surface area (Å²) in [5, 5.41) is 3.05. The molecule has 6 heteroatoms. The highest BCUT2D eigenvalue weighted by Crippen LogP contribution is 2.14. The first-order valence-corrected chi connectivity index (χ1v) is 6.64. The Morgan fingerprint density at radius 3 is 2.76 bits per heavy atom. The Bertz CT molecular complexity index is 730. The summed E-state index contributed by atoms with van der Waals surface area (Å²) in [7, 11) is 0. The van der Waals surface area contributed by atoms with Crippen molar-refractivity contribution in [3.05, 3.63) is 59.2 Å². The van der Waals surface area contributed by atoms with E-state index in [4.69, 9.17) is 11.6 Å². The zero-order chi connectivity index (χ0) is 14.8. The number of guanidine groups is 1. The average Bonchev–Trinajstić information content (AvgIpc) is 2.48. The van der Waals surface area contributed by atoms with Gasteiger partial charge in [-0.3, -0.25) is 14.9 Å². The molecule has 1 heterocycles. The second-order valence-corrected chi connectivity index (χ2v) is 4.93. The smallest absolute Gasteiger partial charge is 0.280 e. The minimum absolute atomic E-state index is 0.00569. The molecule has 0 fully saturated rings. The van der Waals surface area contributed by atoms with E-state index in [1.165, 1.54) is 0 Å². The lowest BCUT2D eigenvalue weighted by Crippen LogP contribution is -2.43. The molecule has 0 saturated heterocycles. The molecule has 0 radical (unpaired) electrons. The van der Waals surface area contributed by atoms with Crippen LogP contribution in [0.1, 0.15) is 10.4 Å². The van der Waals surface area contributed by atoms with Gasteiger partial charge in [0.2, 0.25) is 11.9 Å². The summed E-state index contributed by atoms with van der Waals surface area (Å²) in [6, 6.07) is 6.34. The summed E-state index contributed by atoms with van der Waals surface area (Å²) < 4.78 is 0. The number of nitrogens with one attached hydrogen (secondary N) is 1. The predicted octanol–water partition coefficient (Wildman–Crippen LogP) is 2.15. The molecule has 1 aromatic carbocycles. The van der Waals surface area contributed by atoms with Crippen molar-refractivity contribution in [2.45, 2.75) is 0 Å². The van der Waals surface area contributed by atoms with Crippen LogP contribution in [0.5, 0.6) is 0 Å². The number of benzene rings is 1. The van der Waals surface area contributed by atoms with Crippen molar-refractivity contribution < 1.29 is 9.59 Å². The molecule has 3 rings (SSSR count). The monoisotopic (exact) mass is 299 g/mol. The van der Waals surface area contributed by atoms with Gasteiger partial charge in [0.1, 0.15) is 0 Å². The van der Waals surface area contributed by atoms with Gasteiger partial charge in [0.15, 0.2) is 0 Å². The van der Waals surface area contributed by atoms with Crippen molar-refractivity contribution in [3.8, 4) is 0 Å². The molecular formula is C15H10ClN3O2. The maximum absolute atomic E-state index is 12.0. The van der Waals surface area contributed by atoms with Gasteiger partial charge in [-0.1, -0.05) is 29.8 Å². The lowest BCUT2D eigenvalue weighted by molar-refractivity contribution is -0.120. The number of carbonyl (C=O) groups excluding carboxylic acids is 2. The van der Waals surface area contributed by atoms with Crippen LogP contribution in [0, 0.1) is 5.92 Å². The van der Waals surface area contributed by atoms with Crippen LogP contribution in [0.15, 0.2) is 58.6 Å². The van der Waals surface area contributed by atoms with Crippen LogP contribution >= 0.6 is 11.6 Å². The van der Waals surface area contributed by atoms with E-state index in [0.29, 0.717) is 16.3 Å². The van der Waals surface area contributed by atoms with Crippen molar-refractivity contribution in [3.63, 3.8) is 0 Å². The number of amides is 2. The normalized spacial score (nSPS) is 21.8. The number of rotatable bonds is 1. The van der Waals surface area contributed by atoms with Gasteiger partial charge in [-0.05, 0) is 30.3 Å². The first-order chi connectivity index (χ1) is 10.1. The standard InChI is InChI=1S/C15H10ClN3O2/c16-10-7-5-9(6-8-10)13(20)18-15-17-12-4-2-1-3-11(12)14(21)19-15/h1-8,11H,(H,18,19,20,21). The summed E-state index contributed by atoms with van der Waals surface area (Å²) in [5.41, 5.74) is 0.950. The number of halogens is 1. The van der Waals surface area contributed by atoms with Crippen LogP contribution in [0.4, 0.5) is 0 Å². The van der Waals surface area contributed by atoms with Crippen LogP contribution in [0.25, 0.3) is 0 Å². The molecule has 0 saturated carbocycles. The molecule has 5 nitrogen and oxygen atoms in total. The SMILES string of the molecule is O=C(N=C1N=C2C=CC=CC2C(=O)N1)c1ccc(Cl)cc1. The molecule has 1 atom stereocenters. The maximum Gasteiger partial charge on any atom is 0.280 e. The minimum Gasteiger partial charge on any atom is -0.294 e. The molecule has 2 amide bonds. The highest BCUT2D eigenvalue weighted by atomic mass is 35.5. The van der Waals surface area contributed by atoms with E-state index in [2.05, 4.69) is 15.3 Å². The third kappa shape index (κ3) is 2.83. The van der Waals surface area contributed by atoms with E-state index in [9.17, 15) is 9.59 Å². The number of carbonyl (C=O) groups is 2. The van der Waals surface area contributed by atoms with E-state index < -0.39 is 11.8 Å². The number of aliphatic imine (C=N–C) groups is 2. The largest absolute Gasteiger partial charge is 0.294 e. The number of hydrogen-bond donors (Lipinski definition) is 1. The maximum atomic E-state index is 12.0. The van der Waals surface area contributed by atoms with Crippen LogP contribution in [0.2, 0.25) is 5.02 Å². The second kappa shape index (κ2) is 5.46. The molecule has 0 bridgehead atoms. The molecule has 1 N–H and O–H groups in total. The molecular weight excluding hydrogens is 290 g/mol. The minimum atomic E-state index is -0.486. The third-order valence-corrected chi connectivity index (χ3v) is 3.30. The number of hydrogen-bond acceptors (Lipinski definition) is 2. The highest BCUT2D eigenvalue weighted by molar-refractivity contribution is 6.30. The number of allylic oxidation sites excluding steroid dienone is 3. The Morgan fingerprint density at radius 2 is 2.00 bits per heavy atom. The van der Waals surface area contributed by atoms with Crippen molar-refractivity contribution in [2.75, 3.05) is 0 Å². The van der Waals surface area contributed by atoms with Gasteiger partial charge < -0.3 is 0 Å². The Morgan fingerprint density at radius 1 is 1.24 bits per heavy atom. The van der Waals surface area contributed by atoms with Crippen LogP contribution < -0.4 is 5.32 Å². The van der Waals surface area contributed by atoms with Gasteiger partial charge in [0, 0.05) is 10.6 Å². The fraction of sp³-hybridized carbons (Fsp3) is 0.0667. The van der Waals surface area contributed by atoms with Gasteiger partial charge in [-0.2, -0.15) is 4.99 Å². The zero-order valence-corrected chi connectivity index (χ0v) is 11.5. The number of fused-ring (bicyclic) bond motifs is 1. The molecule has 1 aromatic rings. The molecule has 104 valence electrons. The lowest BCUT2D eigenvalue weighted by atomic mass is 9.96. The number of nitrogens with zero attached hydrogens (tertiary/aromatic N) is 2. The quantitative estimate of drug-likeness (QED) is 0.863. The Hall–Kier alpha value is -2.53. The van der Waals surface area contributed by atoms with E-state index in [1.807, 2.05) is 0 Å². The first-order valence-electron chi connectivity index (χ1n) is 6.26. The zero-order valence-electron chi connectivity index (χ0n) is 10.8. The third-order valence-electron chi connectivity index (χ3n) is 3.05. The molecule has 1 aliphatic carbocycles. The molecule has 21 heavy (non-hydrogen) atoms. The lowest BCUT2D eigenvalue weighted by Gasteiger charge is -2.20. The van der Waals surface area contributed by atoms with E-state index >= 15 is 0 Å².